The molecular weight excluding hydrogens is 614 g/mol. The third-order valence-electron chi connectivity index (χ3n) is 9.22. The van der Waals surface area contributed by atoms with E-state index in [2.05, 4.69) is 27.4 Å². The van der Waals surface area contributed by atoms with Crippen molar-refractivity contribution in [1.29, 1.82) is 0 Å². The number of fused-ring (bicyclic) bond motifs is 1. The number of rotatable bonds is 10. The highest BCUT2D eigenvalue weighted by atomic mass is 16.7. The maximum absolute atomic E-state index is 12.8. The molecule has 2 saturated heterocycles. The topological polar surface area (TPSA) is 147 Å². The van der Waals surface area contributed by atoms with E-state index in [4.69, 9.17) is 14.2 Å². The lowest BCUT2D eigenvalue weighted by molar-refractivity contribution is -0.276. The highest BCUT2D eigenvalue weighted by molar-refractivity contribution is 5.91. The minimum Gasteiger partial charge on any atom is -0.465 e. The van der Waals surface area contributed by atoms with Crippen LogP contribution >= 0.6 is 0 Å². The number of aromatic amines is 1. The molecule has 0 saturated carbocycles. The highest BCUT2D eigenvalue weighted by Crippen LogP contribution is 2.42. The molecule has 12 nitrogen and oxygen atoms in total. The van der Waals surface area contributed by atoms with Crippen LogP contribution in [0.4, 0.5) is 10.5 Å². The van der Waals surface area contributed by atoms with Gasteiger partial charge in [-0.25, -0.2) is 9.59 Å². The molecule has 1 aromatic heterocycles. The van der Waals surface area contributed by atoms with Gasteiger partial charge in [-0.2, -0.15) is 0 Å². The zero-order valence-electron chi connectivity index (χ0n) is 27.3. The Hall–Kier alpha value is -4.49. The summed E-state index contributed by atoms with van der Waals surface area (Å²) in [6.45, 7) is 6.14. The van der Waals surface area contributed by atoms with Gasteiger partial charge in [-0.05, 0) is 55.2 Å². The average Bonchev–Trinajstić information content (AvgIpc) is 3.44. The van der Waals surface area contributed by atoms with Crippen molar-refractivity contribution in [2.45, 2.75) is 57.8 Å². The Bertz CT molecular complexity index is 1760. The molecule has 2 aliphatic heterocycles. The van der Waals surface area contributed by atoms with Gasteiger partial charge >= 0.3 is 17.7 Å². The molecule has 4 atom stereocenters. The van der Waals surface area contributed by atoms with E-state index < -0.39 is 18.3 Å². The minimum atomic E-state index is -0.708. The Morgan fingerprint density at radius 2 is 1.77 bits per heavy atom. The molecule has 12 heteroatoms. The SMILES string of the molecule is CCOC(=O)CNC(=O)Nc1cccc([C@H]2O[C@@H](CN3CCC(n4c(=O)[nH]c5ccccc54)CC3)[C@@H](C)[C@@H](c3ccc(CO)cc3)O2)c1. The van der Waals surface area contributed by atoms with E-state index in [1.807, 2.05) is 65.2 Å². The van der Waals surface area contributed by atoms with E-state index in [9.17, 15) is 19.5 Å². The lowest BCUT2D eigenvalue weighted by Crippen LogP contribution is -2.47. The summed E-state index contributed by atoms with van der Waals surface area (Å²) in [5, 5.41) is 14.9. The fourth-order valence-corrected chi connectivity index (χ4v) is 6.68. The summed E-state index contributed by atoms with van der Waals surface area (Å²) in [7, 11) is 0. The van der Waals surface area contributed by atoms with Crippen LogP contribution in [0.3, 0.4) is 0 Å². The van der Waals surface area contributed by atoms with Crippen LogP contribution in [0.1, 0.15) is 61.8 Å². The number of aliphatic hydroxyl groups excluding tert-OH is 1. The third kappa shape index (κ3) is 7.63. The Morgan fingerprint density at radius 3 is 2.52 bits per heavy atom. The molecule has 48 heavy (non-hydrogen) atoms. The number of hydrogen-bond acceptors (Lipinski definition) is 8. The molecule has 4 aromatic rings. The summed E-state index contributed by atoms with van der Waals surface area (Å²) < 4.78 is 20.1. The Balaban J connectivity index is 1.16. The highest BCUT2D eigenvalue weighted by Gasteiger charge is 2.39. The fraction of sp³-hybridized carbons (Fsp3) is 0.417. The number of esters is 1. The van der Waals surface area contributed by atoms with Gasteiger partial charge < -0.3 is 39.8 Å². The number of hydrogen-bond donors (Lipinski definition) is 4. The van der Waals surface area contributed by atoms with Crippen molar-refractivity contribution in [1.82, 2.24) is 19.8 Å². The summed E-state index contributed by atoms with van der Waals surface area (Å²) in [5.41, 5.74) is 4.80. The number of amides is 2. The number of piperidine rings is 1. The molecule has 0 radical (unpaired) electrons. The lowest BCUT2D eigenvalue weighted by Gasteiger charge is -2.44. The first-order valence-corrected chi connectivity index (χ1v) is 16.6. The number of nitrogens with one attached hydrogen (secondary N) is 3. The first-order valence-electron chi connectivity index (χ1n) is 16.6. The van der Waals surface area contributed by atoms with E-state index in [1.165, 1.54) is 0 Å². The fourth-order valence-electron chi connectivity index (χ4n) is 6.68. The Kier molecular flexibility index (Phi) is 10.6. The first kappa shape index (κ1) is 33.4. The number of carbonyl (C=O) groups is 2. The van der Waals surface area contributed by atoms with Crippen LogP contribution < -0.4 is 16.3 Å². The van der Waals surface area contributed by atoms with Gasteiger partial charge in [0.1, 0.15) is 6.54 Å². The number of nitrogens with zero attached hydrogens (tertiary/aromatic N) is 2. The number of H-pyrrole nitrogens is 1. The summed E-state index contributed by atoms with van der Waals surface area (Å²) in [5.74, 6) is -0.509. The minimum absolute atomic E-state index is 0.00477. The van der Waals surface area contributed by atoms with Crippen molar-refractivity contribution >= 4 is 28.7 Å². The number of benzene rings is 3. The Labute approximate surface area is 279 Å². The maximum Gasteiger partial charge on any atom is 0.326 e. The predicted molar refractivity (Wildman–Crippen MR) is 180 cm³/mol. The molecule has 0 spiro atoms. The molecule has 3 heterocycles. The number of para-hydroxylation sites is 2. The molecule has 0 aliphatic carbocycles. The zero-order valence-corrected chi connectivity index (χ0v) is 27.3. The largest absolute Gasteiger partial charge is 0.465 e. The van der Waals surface area contributed by atoms with Crippen molar-refractivity contribution in [2.24, 2.45) is 5.92 Å². The van der Waals surface area contributed by atoms with Crippen LogP contribution in [0.2, 0.25) is 0 Å². The van der Waals surface area contributed by atoms with Gasteiger partial charge in [0.15, 0.2) is 6.29 Å². The van der Waals surface area contributed by atoms with Crippen LogP contribution in [-0.4, -0.2) is 70.4 Å². The van der Waals surface area contributed by atoms with Crippen LogP contribution in [0, 0.1) is 5.92 Å². The summed E-state index contributed by atoms with van der Waals surface area (Å²) >= 11 is 0. The molecule has 4 N–H and O–H groups in total. The van der Waals surface area contributed by atoms with Gasteiger partial charge in [-0.3, -0.25) is 9.36 Å². The molecule has 3 aromatic carbocycles. The molecule has 0 bridgehead atoms. The second kappa shape index (κ2) is 15.2. The van der Waals surface area contributed by atoms with Crippen LogP contribution in [0.25, 0.3) is 11.0 Å². The number of carbonyl (C=O) groups excluding carboxylic acids is 2. The number of ether oxygens (including phenoxy) is 3. The summed E-state index contributed by atoms with van der Waals surface area (Å²) in [6.07, 6.45) is 0.526. The van der Waals surface area contributed by atoms with Crippen molar-refractivity contribution in [3.8, 4) is 0 Å². The van der Waals surface area contributed by atoms with Crippen molar-refractivity contribution in [3.63, 3.8) is 0 Å². The monoisotopic (exact) mass is 657 g/mol. The average molecular weight is 658 g/mol. The van der Waals surface area contributed by atoms with Crippen LogP contribution in [0.15, 0.2) is 77.6 Å². The van der Waals surface area contributed by atoms with Gasteiger partial charge in [0.25, 0.3) is 0 Å². The second-order valence-corrected chi connectivity index (χ2v) is 12.4. The number of anilines is 1. The van der Waals surface area contributed by atoms with E-state index in [1.54, 1.807) is 19.1 Å². The lowest BCUT2D eigenvalue weighted by atomic mass is 9.89. The van der Waals surface area contributed by atoms with E-state index in [0.29, 0.717) is 12.2 Å². The number of likely N-dealkylation sites (tertiary alicyclic amines) is 1. The summed E-state index contributed by atoms with van der Waals surface area (Å²) in [4.78, 5) is 42.3. The quantitative estimate of drug-likeness (QED) is 0.181. The first-order chi connectivity index (χ1) is 23.3. The molecular formula is C36H43N5O7. The second-order valence-electron chi connectivity index (χ2n) is 12.4. The molecule has 2 aliphatic rings. The van der Waals surface area contributed by atoms with Gasteiger partial charge in [0, 0.05) is 42.8 Å². The van der Waals surface area contributed by atoms with Gasteiger partial charge in [0.2, 0.25) is 0 Å². The maximum atomic E-state index is 12.8. The third-order valence-corrected chi connectivity index (χ3v) is 9.22. The molecule has 6 rings (SSSR count). The van der Waals surface area contributed by atoms with E-state index in [0.717, 1.165) is 53.7 Å². The molecule has 254 valence electrons. The number of imidazole rings is 1. The predicted octanol–water partition coefficient (Wildman–Crippen LogP) is 4.64. The normalized spacial score (nSPS) is 22.0. The number of aromatic nitrogens is 2. The van der Waals surface area contributed by atoms with Crippen molar-refractivity contribution in [3.05, 3.63) is 100.0 Å². The van der Waals surface area contributed by atoms with E-state index in [-0.39, 0.29) is 49.6 Å². The van der Waals surface area contributed by atoms with Gasteiger partial charge in [0.05, 0.1) is 36.5 Å². The summed E-state index contributed by atoms with van der Waals surface area (Å²) in [6, 6.07) is 22.5. The number of aliphatic hydroxyl groups is 1. The molecule has 2 fully saturated rings. The van der Waals surface area contributed by atoms with Crippen LogP contribution in [-0.2, 0) is 25.6 Å². The van der Waals surface area contributed by atoms with Gasteiger partial charge in [-0.1, -0.05) is 55.5 Å². The van der Waals surface area contributed by atoms with Crippen LogP contribution in [0.5, 0.6) is 0 Å². The smallest absolute Gasteiger partial charge is 0.326 e. The van der Waals surface area contributed by atoms with Crippen molar-refractivity contribution < 1.29 is 28.9 Å². The van der Waals surface area contributed by atoms with Crippen molar-refractivity contribution in [2.75, 3.05) is 38.1 Å². The van der Waals surface area contributed by atoms with E-state index >= 15 is 0 Å². The molecule has 2 amide bonds. The zero-order chi connectivity index (χ0) is 33.6. The van der Waals surface area contributed by atoms with Gasteiger partial charge in [-0.15, -0.1) is 0 Å². The number of urea groups is 1. The Morgan fingerprint density at radius 1 is 1.00 bits per heavy atom. The molecule has 0 unspecified atom stereocenters. The standard InChI is InChI=1S/C36H43N5O7/c1-3-46-32(43)20-37-35(44)38-27-8-6-7-26(19-27)34-47-31(23(2)33(48-34)25-13-11-24(22-42)12-14-25)21-40-17-15-28(16-18-40)41-30-10-5-4-9-29(30)39-36(41)45/h4-14,19,23,28,31,33-34,42H,3,15-18,20-22H2,1-2H3,(H,39,45)(H2,37,38,44)/t23-,31+,33+,34+/m1/s1.